The van der Waals surface area contributed by atoms with E-state index >= 15 is 0 Å². The van der Waals surface area contributed by atoms with Gasteiger partial charge < -0.3 is 14.8 Å². The van der Waals surface area contributed by atoms with E-state index in [1.807, 2.05) is 38.1 Å². The van der Waals surface area contributed by atoms with Gasteiger partial charge in [0.25, 0.3) is 0 Å². The summed E-state index contributed by atoms with van der Waals surface area (Å²) in [5.41, 5.74) is 1.13. The number of carbonyl (C=O) groups is 1. The Kier molecular flexibility index (Phi) is 5.16. The van der Waals surface area contributed by atoms with Crippen LogP contribution in [0.2, 0.25) is 0 Å². The van der Waals surface area contributed by atoms with Crippen molar-refractivity contribution in [2.75, 3.05) is 25.6 Å². The number of anilines is 1. The number of rotatable bonds is 6. The number of esters is 1. The molecule has 1 aromatic rings. The molecule has 0 fully saturated rings. The lowest BCUT2D eigenvalue weighted by Crippen LogP contribution is -2.48. The van der Waals surface area contributed by atoms with E-state index in [9.17, 15) is 4.79 Å². The third-order valence-electron chi connectivity index (χ3n) is 2.67. The number of methoxy groups -OCH3 is 1. The van der Waals surface area contributed by atoms with Crippen LogP contribution in [0.4, 0.5) is 5.69 Å². The second kappa shape index (κ2) is 6.40. The molecule has 0 bridgehead atoms. The lowest BCUT2D eigenvalue weighted by Gasteiger charge is -2.28. The minimum Gasteiger partial charge on any atom is -0.467 e. The van der Waals surface area contributed by atoms with E-state index in [-0.39, 0.29) is 12.6 Å². The predicted molar refractivity (Wildman–Crippen MR) is 71.7 cm³/mol. The summed E-state index contributed by atoms with van der Waals surface area (Å²) in [5, 5.41) is 3.18. The molecule has 1 aromatic carbocycles. The fraction of sp³-hybridized carbons (Fsp3) is 0.500. The van der Waals surface area contributed by atoms with E-state index in [1.54, 1.807) is 6.92 Å². The maximum atomic E-state index is 11.9. The first-order valence-electron chi connectivity index (χ1n) is 6.03. The Balaban J connectivity index is 2.87. The van der Waals surface area contributed by atoms with Crippen molar-refractivity contribution >= 4 is 11.7 Å². The molecule has 0 aliphatic carbocycles. The van der Waals surface area contributed by atoms with Crippen LogP contribution < -0.4 is 5.32 Å². The third kappa shape index (κ3) is 3.74. The van der Waals surface area contributed by atoms with E-state index < -0.39 is 5.54 Å². The smallest absolute Gasteiger partial charge is 0.333 e. The van der Waals surface area contributed by atoms with Crippen molar-refractivity contribution < 1.29 is 14.3 Å². The highest BCUT2D eigenvalue weighted by molar-refractivity contribution is 5.84. The highest BCUT2D eigenvalue weighted by Crippen LogP contribution is 2.18. The second-order valence-corrected chi connectivity index (χ2v) is 4.46. The van der Waals surface area contributed by atoms with Crippen LogP contribution >= 0.6 is 0 Å². The first-order chi connectivity index (χ1) is 8.51. The lowest BCUT2D eigenvalue weighted by molar-refractivity contribution is -0.147. The quantitative estimate of drug-likeness (QED) is 0.789. The van der Waals surface area contributed by atoms with Gasteiger partial charge in [0.2, 0.25) is 0 Å². The number of carbonyl (C=O) groups excluding carboxylic acids is 1. The number of nitrogens with one attached hydrogen (secondary N) is 1. The van der Waals surface area contributed by atoms with Crippen molar-refractivity contribution in [3.8, 4) is 0 Å². The second-order valence-electron chi connectivity index (χ2n) is 4.46. The Morgan fingerprint density at radius 1 is 1.44 bits per heavy atom. The predicted octanol–water partition coefficient (Wildman–Crippen LogP) is 2.38. The van der Waals surface area contributed by atoms with Gasteiger partial charge in [-0.15, -0.1) is 0 Å². The van der Waals surface area contributed by atoms with Crippen LogP contribution in [0.5, 0.6) is 0 Å². The zero-order valence-electron chi connectivity index (χ0n) is 11.4. The molecule has 4 nitrogen and oxygen atoms in total. The van der Waals surface area contributed by atoms with Crippen LogP contribution in [0.1, 0.15) is 19.4 Å². The van der Waals surface area contributed by atoms with Gasteiger partial charge in [-0.3, -0.25) is 0 Å². The molecular weight excluding hydrogens is 230 g/mol. The molecule has 18 heavy (non-hydrogen) atoms. The molecule has 0 amide bonds. The Bertz CT molecular complexity index is 406. The average molecular weight is 251 g/mol. The Hall–Kier alpha value is -1.55. The van der Waals surface area contributed by atoms with E-state index in [2.05, 4.69) is 5.32 Å². The SMILES string of the molecule is CCOCC(C)(Nc1cccc(C)c1)C(=O)OC. The summed E-state index contributed by atoms with van der Waals surface area (Å²) in [6.45, 7) is 6.50. The standard InChI is InChI=1S/C14H21NO3/c1-5-18-10-14(3,13(16)17-4)15-12-8-6-7-11(2)9-12/h6-9,15H,5,10H2,1-4H3. The number of aryl methyl sites for hydroxylation is 1. The molecule has 1 rings (SSSR count). The van der Waals surface area contributed by atoms with Gasteiger partial charge in [0.1, 0.15) is 0 Å². The molecule has 0 aliphatic rings. The minimum absolute atomic E-state index is 0.268. The zero-order chi connectivity index (χ0) is 13.6. The Morgan fingerprint density at radius 3 is 2.72 bits per heavy atom. The normalized spacial score (nSPS) is 13.8. The summed E-state index contributed by atoms with van der Waals surface area (Å²) in [6.07, 6.45) is 0. The van der Waals surface area contributed by atoms with Gasteiger partial charge in [-0.1, -0.05) is 12.1 Å². The molecule has 1 atom stereocenters. The zero-order valence-corrected chi connectivity index (χ0v) is 11.4. The number of ether oxygens (including phenoxy) is 2. The number of hydrogen-bond acceptors (Lipinski definition) is 4. The summed E-state index contributed by atoms with van der Waals surface area (Å²) in [6, 6.07) is 7.84. The van der Waals surface area contributed by atoms with Gasteiger partial charge in [-0.05, 0) is 38.5 Å². The van der Waals surface area contributed by atoms with Crippen molar-refractivity contribution in [3.05, 3.63) is 29.8 Å². The van der Waals surface area contributed by atoms with Crippen LogP contribution in [0.3, 0.4) is 0 Å². The molecule has 1 unspecified atom stereocenters. The number of benzene rings is 1. The van der Waals surface area contributed by atoms with Crippen LogP contribution in [-0.2, 0) is 14.3 Å². The van der Waals surface area contributed by atoms with E-state index in [0.29, 0.717) is 6.61 Å². The number of hydrogen-bond donors (Lipinski definition) is 1. The van der Waals surface area contributed by atoms with Crippen molar-refractivity contribution in [2.24, 2.45) is 0 Å². The van der Waals surface area contributed by atoms with Crippen LogP contribution in [0, 0.1) is 6.92 Å². The molecular formula is C14H21NO3. The van der Waals surface area contributed by atoms with Crippen molar-refractivity contribution in [1.29, 1.82) is 0 Å². The van der Waals surface area contributed by atoms with Crippen LogP contribution in [0.15, 0.2) is 24.3 Å². The molecule has 0 aromatic heterocycles. The first-order valence-corrected chi connectivity index (χ1v) is 6.03. The van der Waals surface area contributed by atoms with Gasteiger partial charge in [-0.2, -0.15) is 0 Å². The first kappa shape index (κ1) is 14.5. The van der Waals surface area contributed by atoms with Gasteiger partial charge in [0.15, 0.2) is 5.54 Å². The van der Waals surface area contributed by atoms with Crippen LogP contribution in [0.25, 0.3) is 0 Å². The average Bonchev–Trinajstić information content (AvgIpc) is 2.35. The highest BCUT2D eigenvalue weighted by Gasteiger charge is 2.34. The summed E-state index contributed by atoms with van der Waals surface area (Å²) < 4.78 is 10.2. The lowest BCUT2D eigenvalue weighted by atomic mass is 10.0. The van der Waals surface area contributed by atoms with Gasteiger partial charge >= 0.3 is 5.97 Å². The van der Waals surface area contributed by atoms with Crippen molar-refractivity contribution in [3.63, 3.8) is 0 Å². The van der Waals surface area contributed by atoms with Gasteiger partial charge in [0.05, 0.1) is 13.7 Å². The fourth-order valence-corrected chi connectivity index (χ4v) is 1.72. The summed E-state index contributed by atoms with van der Waals surface area (Å²) in [4.78, 5) is 11.9. The monoisotopic (exact) mass is 251 g/mol. The molecule has 4 heteroatoms. The third-order valence-corrected chi connectivity index (χ3v) is 2.67. The Morgan fingerprint density at radius 2 is 2.17 bits per heavy atom. The summed E-state index contributed by atoms with van der Waals surface area (Å²) in [7, 11) is 1.38. The Labute approximate surface area is 108 Å². The fourth-order valence-electron chi connectivity index (χ4n) is 1.72. The molecule has 100 valence electrons. The molecule has 0 heterocycles. The molecule has 0 saturated carbocycles. The van der Waals surface area contributed by atoms with E-state index in [1.165, 1.54) is 7.11 Å². The van der Waals surface area contributed by atoms with E-state index in [4.69, 9.17) is 9.47 Å². The maximum absolute atomic E-state index is 11.9. The van der Waals surface area contributed by atoms with Gasteiger partial charge in [0, 0.05) is 12.3 Å². The summed E-state index contributed by atoms with van der Waals surface area (Å²) in [5.74, 6) is -0.336. The van der Waals surface area contributed by atoms with E-state index in [0.717, 1.165) is 11.3 Å². The largest absolute Gasteiger partial charge is 0.467 e. The van der Waals surface area contributed by atoms with Crippen molar-refractivity contribution in [2.45, 2.75) is 26.3 Å². The molecule has 0 aliphatic heterocycles. The van der Waals surface area contributed by atoms with Crippen LogP contribution in [-0.4, -0.2) is 31.8 Å². The topological polar surface area (TPSA) is 47.6 Å². The van der Waals surface area contributed by atoms with Gasteiger partial charge in [-0.25, -0.2) is 4.79 Å². The highest BCUT2D eigenvalue weighted by atomic mass is 16.5. The molecule has 0 spiro atoms. The minimum atomic E-state index is -0.876. The molecule has 0 radical (unpaired) electrons. The molecule has 0 saturated heterocycles. The maximum Gasteiger partial charge on any atom is 0.333 e. The summed E-state index contributed by atoms with van der Waals surface area (Å²) >= 11 is 0. The molecule has 1 N–H and O–H groups in total. The van der Waals surface area contributed by atoms with Crippen molar-refractivity contribution in [1.82, 2.24) is 0 Å².